The predicted molar refractivity (Wildman–Crippen MR) is 77.6 cm³/mol. The molecule has 0 aliphatic carbocycles. The van der Waals surface area contributed by atoms with Crippen molar-refractivity contribution in [2.24, 2.45) is 0 Å². The van der Waals surface area contributed by atoms with Gasteiger partial charge in [0.2, 0.25) is 0 Å². The molecule has 0 bridgehead atoms. The van der Waals surface area contributed by atoms with E-state index in [0.29, 0.717) is 11.3 Å². The second-order valence-corrected chi connectivity index (χ2v) is 5.33. The summed E-state index contributed by atoms with van der Waals surface area (Å²) < 4.78 is 19.7. The maximum atomic E-state index is 13.3. The predicted octanol–water partition coefficient (Wildman–Crippen LogP) is 0.252. The molecule has 23 heavy (non-hydrogen) atoms. The van der Waals surface area contributed by atoms with Crippen molar-refractivity contribution in [2.45, 2.75) is 24.4 Å². The molecule has 0 amide bonds. The molecule has 1 fully saturated rings. The van der Waals surface area contributed by atoms with Crippen LogP contribution in [0, 0.1) is 5.82 Å². The summed E-state index contributed by atoms with van der Waals surface area (Å²) in [6, 6.07) is 4.93. The van der Waals surface area contributed by atoms with E-state index in [0.717, 1.165) is 0 Å². The molecule has 1 aromatic carbocycles. The van der Waals surface area contributed by atoms with Gasteiger partial charge >= 0.3 is 0 Å². The molecule has 0 spiro atoms. The molecule has 7 nitrogen and oxygen atoms in total. The molecule has 1 aliphatic rings. The average Bonchev–Trinajstić information content (AvgIpc) is 3.01. The van der Waals surface area contributed by atoms with Gasteiger partial charge < -0.3 is 20.1 Å². The van der Waals surface area contributed by atoms with E-state index in [1.165, 1.54) is 23.0 Å². The maximum absolute atomic E-state index is 13.3. The Morgan fingerprint density at radius 1 is 1.35 bits per heavy atom. The van der Waals surface area contributed by atoms with Crippen LogP contribution in [0.4, 0.5) is 4.39 Å². The summed E-state index contributed by atoms with van der Waals surface area (Å²) in [5.41, 5.74) is 0.909. The summed E-state index contributed by atoms with van der Waals surface area (Å²) >= 11 is 0. The average molecular weight is 321 g/mol. The van der Waals surface area contributed by atoms with E-state index in [9.17, 15) is 19.7 Å². The Bertz CT molecular complexity index is 720. The minimum absolute atomic E-state index is 0.0298. The van der Waals surface area contributed by atoms with Gasteiger partial charge in [0.1, 0.15) is 41.6 Å². The SMILES string of the molecule is C=C1OC(CO)[C@H](O)C(n2cc(-c3cccc(F)c3)nn2)C1O. The number of nitrogens with zero attached hydrogens (tertiary/aromatic N) is 3. The highest BCUT2D eigenvalue weighted by Gasteiger charge is 2.43. The Hall–Kier alpha value is -2.29. The number of hydrogen-bond donors (Lipinski definition) is 3. The smallest absolute Gasteiger partial charge is 0.149 e. The zero-order chi connectivity index (χ0) is 16.6. The van der Waals surface area contributed by atoms with Gasteiger partial charge in [-0.25, -0.2) is 9.07 Å². The van der Waals surface area contributed by atoms with Gasteiger partial charge in [0.25, 0.3) is 0 Å². The van der Waals surface area contributed by atoms with E-state index in [2.05, 4.69) is 16.9 Å². The van der Waals surface area contributed by atoms with Crippen LogP contribution in [0.2, 0.25) is 0 Å². The highest BCUT2D eigenvalue weighted by Crippen LogP contribution is 2.31. The first-order chi connectivity index (χ1) is 11.0. The van der Waals surface area contributed by atoms with E-state index in [4.69, 9.17) is 4.74 Å². The largest absolute Gasteiger partial charge is 0.487 e. The number of rotatable bonds is 3. The standard InChI is InChI=1S/C15H16FN3O4/c1-8-14(21)13(15(22)12(7-20)23-8)19-6-11(17-18-19)9-3-2-4-10(16)5-9/h2-6,12-15,20-22H,1,7H2/t12?,13?,14?,15-/m0/s1. The van der Waals surface area contributed by atoms with Gasteiger partial charge in [-0.3, -0.25) is 0 Å². The second-order valence-electron chi connectivity index (χ2n) is 5.33. The van der Waals surface area contributed by atoms with Crippen LogP contribution in [0.25, 0.3) is 11.3 Å². The second kappa shape index (κ2) is 6.07. The van der Waals surface area contributed by atoms with Crippen molar-refractivity contribution in [1.82, 2.24) is 15.0 Å². The van der Waals surface area contributed by atoms with Crippen molar-refractivity contribution >= 4 is 0 Å². The van der Waals surface area contributed by atoms with E-state index in [1.807, 2.05) is 0 Å². The van der Waals surface area contributed by atoms with Crippen LogP contribution in [0.5, 0.6) is 0 Å². The van der Waals surface area contributed by atoms with E-state index < -0.39 is 36.8 Å². The summed E-state index contributed by atoms with van der Waals surface area (Å²) in [5, 5.41) is 37.5. The molecular weight excluding hydrogens is 305 g/mol. The third kappa shape index (κ3) is 2.83. The van der Waals surface area contributed by atoms with Gasteiger partial charge in [-0.1, -0.05) is 23.9 Å². The fraction of sp³-hybridized carbons (Fsp3) is 0.333. The lowest BCUT2D eigenvalue weighted by atomic mass is 9.96. The summed E-state index contributed by atoms with van der Waals surface area (Å²) in [4.78, 5) is 0. The van der Waals surface area contributed by atoms with Crippen LogP contribution in [0.3, 0.4) is 0 Å². The minimum atomic E-state index is -1.21. The summed E-state index contributed by atoms with van der Waals surface area (Å²) in [6.45, 7) is 3.14. The third-order valence-electron chi connectivity index (χ3n) is 3.80. The van der Waals surface area contributed by atoms with Gasteiger partial charge in [-0.15, -0.1) is 5.10 Å². The van der Waals surface area contributed by atoms with E-state index >= 15 is 0 Å². The molecule has 2 aromatic rings. The van der Waals surface area contributed by atoms with Gasteiger partial charge in [0, 0.05) is 5.56 Å². The molecule has 1 aliphatic heterocycles. The lowest BCUT2D eigenvalue weighted by Gasteiger charge is -2.38. The fourth-order valence-corrected chi connectivity index (χ4v) is 2.58. The third-order valence-corrected chi connectivity index (χ3v) is 3.80. The normalized spacial score (nSPS) is 27.7. The highest BCUT2D eigenvalue weighted by molar-refractivity contribution is 5.57. The first kappa shape index (κ1) is 15.6. The Morgan fingerprint density at radius 2 is 2.13 bits per heavy atom. The summed E-state index contributed by atoms with van der Waals surface area (Å²) in [5.74, 6) is -0.376. The molecular formula is C15H16FN3O4. The zero-order valence-corrected chi connectivity index (χ0v) is 12.1. The Labute approximate surface area is 131 Å². The number of aliphatic hydroxyl groups excluding tert-OH is 3. The molecule has 3 N–H and O–H groups in total. The molecule has 0 saturated carbocycles. The molecule has 3 rings (SSSR count). The first-order valence-electron chi connectivity index (χ1n) is 7.01. The van der Waals surface area contributed by atoms with Crippen LogP contribution in [0.15, 0.2) is 42.8 Å². The van der Waals surface area contributed by atoms with Crippen LogP contribution in [-0.2, 0) is 4.74 Å². The lowest BCUT2D eigenvalue weighted by Crippen LogP contribution is -2.50. The molecule has 8 heteroatoms. The number of aliphatic hydroxyl groups is 3. The Balaban J connectivity index is 1.93. The molecule has 2 heterocycles. The quantitative estimate of drug-likeness (QED) is 0.749. The zero-order valence-electron chi connectivity index (χ0n) is 12.1. The van der Waals surface area contributed by atoms with Gasteiger partial charge in [-0.2, -0.15) is 0 Å². The first-order valence-corrected chi connectivity index (χ1v) is 7.01. The Morgan fingerprint density at radius 3 is 2.83 bits per heavy atom. The van der Waals surface area contributed by atoms with Crippen molar-refractivity contribution in [3.8, 4) is 11.3 Å². The van der Waals surface area contributed by atoms with Crippen LogP contribution in [0.1, 0.15) is 6.04 Å². The number of hydrogen-bond acceptors (Lipinski definition) is 6. The monoisotopic (exact) mass is 321 g/mol. The topological polar surface area (TPSA) is 101 Å². The molecule has 4 atom stereocenters. The minimum Gasteiger partial charge on any atom is -0.487 e. The summed E-state index contributed by atoms with van der Waals surface area (Å²) in [7, 11) is 0. The van der Waals surface area contributed by atoms with Crippen LogP contribution < -0.4 is 0 Å². The van der Waals surface area contributed by atoms with Crippen molar-refractivity contribution in [3.63, 3.8) is 0 Å². The maximum Gasteiger partial charge on any atom is 0.149 e. The number of aromatic nitrogens is 3. The number of ether oxygens (including phenoxy) is 1. The van der Waals surface area contributed by atoms with Crippen molar-refractivity contribution in [1.29, 1.82) is 0 Å². The van der Waals surface area contributed by atoms with E-state index in [-0.39, 0.29) is 5.76 Å². The summed E-state index contributed by atoms with van der Waals surface area (Å²) in [6.07, 6.45) is -1.85. The Kier molecular flexibility index (Phi) is 4.12. The molecule has 122 valence electrons. The molecule has 1 aromatic heterocycles. The van der Waals surface area contributed by atoms with E-state index in [1.54, 1.807) is 12.1 Å². The molecule has 1 saturated heterocycles. The van der Waals surface area contributed by atoms with Crippen molar-refractivity contribution < 1.29 is 24.4 Å². The van der Waals surface area contributed by atoms with Crippen molar-refractivity contribution in [3.05, 3.63) is 48.6 Å². The van der Waals surface area contributed by atoms with Crippen LogP contribution >= 0.6 is 0 Å². The molecule has 3 unspecified atom stereocenters. The fourth-order valence-electron chi connectivity index (χ4n) is 2.58. The van der Waals surface area contributed by atoms with Gasteiger partial charge in [0.15, 0.2) is 0 Å². The number of halogens is 1. The molecule has 0 radical (unpaired) electrons. The van der Waals surface area contributed by atoms with Crippen molar-refractivity contribution in [2.75, 3.05) is 6.61 Å². The van der Waals surface area contributed by atoms with Crippen LogP contribution in [-0.4, -0.2) is 55.2 Å². The number of benzene rings is 1. The van der Waals surface area contributed by atoms with Gasteiger partial charge in [0.05, 0.1) is 12.8 Å². The lowest BCUT2D eigenvalue weighted by molar-refractivity contribution is -0.131. The van der Waals surface area contributed by atoms with Gasteiger partial charge in [-0.05, 0) is 12.1 Å². The highest BCUT2D eigenvalue weighted by atomic mass is 19.1.